The summed E-state index contributed by atoms with van der Waals surface area (Å²) in [6.07, 6.45) is 4.92. The number of likely N-dealkylation sites (tertiary alicyclic amines) is 1. The number of benzene rings is 1. The van der Waals surface area contributed by atoms with Gasteiger partial charge in [0.1, 0.15) is 0 Å². The smallest absolute Gasteiger partial charge is 0.234 e. The highest BCUT2D eigenvalue weighted by atomic mass is 35.5. The van der Waals surface area contributed by atoms with Gasteiger partial charge < -0.3 is 5.32 Å². The molecule has 3 nitrogen and oxygen atoms in total. The molecule has 1 N–H and O–H groups in total. The van der Waals surface area contributed by atoms with Gasteiger partial charge in [0.05, 0.1) is 12.6 Å². The van der Waals surface area contributed by atoms with Crippen molar-refractivity contribution in [2.24, 2.45) is 0 Å². The zero-order chi connectivity index (χ0) is 15.2. The Balaban J connectivity index is 1.89. The lowest BCUT2D eigenvalue weighted by atomic mass is 10.1. The number of hydrogen-bond donors (Lipinski definition) is 1. The van der Waals surface area contributed by atoms with Crippen molar-refractivity contribution in [2.75, 3.05) is 19.6 Å². The predicted octanol–water partition coefficient (Wildman–Crippen LogP) is 4.05. The zero-order valence-electron chi connectivity index (χ0n) is 12.4. The lowest BCUT2D eigenvalue weighted by Gasteiger charge is -2.21. The highest BCUT2D eigenvalue weighted by Crippen LogP contribution is 2.26. The van der Waals surface area contributed by atoms with Crippen LogP contribution in [0.2, 0.25) is 10.0 Å². The summed E-state index contributed by atoms with van der Waals surface area (Å²) in [6.45, 7) is 4.44. The van der Waals surface area contributed by atoms with E-state index >= 15 is 0 Å². The van der Waals surface area contributed by atoms with Crippen molar-refractivity contribution < 1.29 is 4.79 Å². The van der Waals surface area contributed by atoms with Crippen LogP contribution >= 0.6 is 23.2 Å². The Bertz CT molecular complexity index is 485. The molecule has 1 unspecified atom stereocenters. The number of hydrogen-bond acceptors (Lipinski definition) is 2. The third kappa shape index (κ3) is 5.17. The minimum Gasteiger partial charge on any atom is -0.348 e. The van der Waals surface area contributed by atoms with Crippen molar-refractivity contribution in [1.29, 1.82) is 0 Å². The minimum absolute atomic E-state index is 0.0513. The van der Waals surface area contributed by atoms with Crippen LogP contribution in [0.3, 0.4) is 0 Å². The average molecular weight is 329 g/mol. The van der Waals surface area contributed by atoms with E-state index < -0.39 is 0 Å². The van der Waals surface area contributed by atoms with Crippen LogP contribution in [0.15, 0.2) is 18.2 Å². The van der Waals surface area contributed by atoms with Crippen molar-refractivity contribution in [1.82, 2.24) is 10.2 Å². The summed E-state index contributed by atoms with van der Waals surface area (Å²) in [4.78, 5) is 14.4. The third-order valence-electron chi connectivity index (χ3n) is 3.87. The van der Waals surface area contributed by atoms with Crippen LogP contribution in [0.4, 0.5) is 0 Å². The van der Waals surface area contributed by atoms with E-state index in [0.29, 0.717) is 16.6 Å². The fourth-order valence-corrected chi connectivity index (χ4v) is 3.29. The van der Waals surface area contributed by atoms with Gasteiger partial charge in [-0.05, 0) is 50.6 Å². The van der Waals surface area contributed by atoms with Gasteiger partial charge in [0.25, 0.3) is 0 Å². The van der Waals surface area contributed by atoms with Crippen molar-refractivity contribution in [3.8, 4) is 0 Å². The Morgan fingerprint density at radius 2 is 1.90 bits per heavy atom. The molecule has 0 bridgehead atoms. The van der Waals surface area contributed by atoms with Gasteiger partial charge in [-0.1, -0.05) is 42.1 Å². The SMILES string of the molecule is CC(NC(=O)CN1CCCCCC1)c1ccc(Cl)cc1Cl. The number of nitrogens with zero attached hydrogens (tertiary/aromatic N) is 1. The Morgan fingerprint density at radius 1 is 1.24 bits per heavy atom. The molecule has 0 saturated carbocycles. The zero-order valence-corrected chi connectivity index (χ0v) is 13.9. The van der Waals surface area contributed by atoms with Gasteiger partial charge in [-0.2, -0.15) is 0 Å². The highest BCUT2D eigenvalue weighted by molar-refractivity contribution is 6.35. The minimum atomic E-state index is -0.116. The van der Waals surface area contributed by atoms with Gasteiger partial charge in [-0.25, -0.2) is 0 Å². The van der Waals surface area contributed by atoms with Crippen LogP contribution in [-0.4, -0.2) is 30.4 Å². The maximum absolute atomic E-state index is 12.2. The first kappa shape index (κ1) is 16.6. The fraction of sp³-hybridized carbons (Fsp3) is 0.562. The van der Waals surface area contributed by atoms with Gasteiger partial charge in [-0.15, -0.1) is 0 Å². The van der Waals surface area contributed by atoms with Gasteiger partial charge >= 0.3 is 0 Å². The van der Waals surface area contributed by atoms with E-state index in [1.807, 2.05) is 13.0 Å². The maximum atomic E-state index is 12.2. The topological polar surface area (TPSA) is 32.3 Å². The molecule has 1 aliphatic heterocycles. The van der Waals surface area contributed by atoms with Crippen LogP contribution in [0.25, 0.3) is 0 Å². The van der Waals surface area contributed by atoms with Crippen molar-refractivity contribution in [3.63, 3.8) is 0 Å². The normalized spacial score (nSPS) is 18.0. The van der Waals surface area contributed by atoms with E-state index in [2.05, 4.69) is 10.2 Å². The second kappa shape index (κ2) is 8.02. The summed E-state index contributed by atoms with van der Waals surface area (Å²) >= 11 is 12.1. The fourth-order valence-electron chi connectivity index (χ4n) is 2.71. The van der Waals surface area contributed by atoms with Gasteiger partial charge in [0.2, 0.25) is 5.91 Å². The van der Waals surface area contributed by atoms with Crippen LogP contribution in [0, 0.1) is 0 Å². The molecule has 0 aromatic heterocycles. The molecule has 5 heteroatoms. The van der Waals surface area contributed by atoms with E-state index in [1.54, 1.807) is 12.1 Å². The molecular formula is C16H22Cl2N2O. The Hall–Kier alpha value is -0.770. The molecule has 2 rings (SSSR count). The van der Waals surface area contributed by atoms with E-state index in [1.165, 1.54) is 25.7 Å². The van der Waals surface area contributed by atoms with Crippen molar-refractivity contribution in [3.05, 3.63) is 33.8 Å². The van der Waals surface area contributed by atoms with Crippen LogP contribution in [0.5, 0.6) is 0 Å². The summed E-state index contributed by atoms with van der Waals surface area (Å²) < 4.78 is 0. The molecule has 1 aliphatic rings. The molecule has 1 fully saturated rings. The average Bonchev–Trinajstić information content (AvgIpc) is 2.66. The molecule has 1 heterocycles. The van der Waals surface area contributed by atoms with Crippen LogP contribution < -0.4 is 5.32 Å². The lowest BCUT2D eigenvalue weighted by molar-refractivity contribution is -0.122. The Kier molecular flexibility index (Phi) is 6.34. The summed E-state index contributed by atoms with van der Waals surface area (Å²) in [5.74, 6) is 0.0513. The molecular weight excluding hydrogens is 307 g/mol. The predicted molar refractivity (Wildman–Crippen MR) is 87.9 cm³/mol. The molecule has 1 saturated heterocycles. The van der Waals surface area contributed by atoms with Gasteiger partial charge in [-0.3, -0.25) is 9.69 Å². The van der Waals surface area contributed by atoms with Crippen LogP contribution in [-0.2, 0) is 4.79 Å². The third-order valence-corrected chi connectivity index (χ3v) is 4.43. The Labute approximate surface area is 136 Å². The largest absolute Gasteiger partial charge is 0.348 e. The number of carbonyl (C=O) groups is 1. The Morgan fingerprint density at radius 3 is 2.52 bits per heavy atom. The lowest BCUT2D eigenvalue weighted by Crippen LogP contribution is -2.38. The molecule has 116 valence electrons. The highest BCUT2D eigenvalue weighted by Gasteiger charge is 2.16. The molecule has 1 amide bonds. The summed E-state index contributed by atoms with van der Waals surface area (Å²) in [7, 11) is 0. The summed E-state index contributed by atoms with van der Waals surface area (Å²) in [6, 6.07) is 5.24. The summed E-state index contributed by atoms with van der Waals surface area (Å²) in [5, 5.41) is 4.21. The second-order valence-electron chi connectivity index (χ2n) is 5.65. The quantitative estimate of drug-likeness (QED) is 0.904. The number of nitrogens with one attached hydrogen (secondary N) is 1. The second-order valence-corrected chi connectivity index (χ2v) is 6.49. The molecule has 0 aliphatic carbocycles. The first-order valence-electron chi connectivity index (χ1n) is 7.53. The number of rotatable bonds is 4. The molecule has 0 radical (unpaired) electrons. The number of amides is 1. The van der Waals surface area contributed by atoms with E-state index in [0.717, 1.165) is 18.7 Å². The molecule has 21 heavy (non-hydrogen) atoms. The molecule has 1 atom stereocenters. The van der Waals surface area contributed by atoms with Crippen molar-refractivity contribution >= 4 is 29.1 Å². The molecule has 1 aromatic rings. The van der Waals surface area contributed by atoms with E-state index in [9.17, 15) is 4.79 Å². The number of carbonyl (C=O) groups excluding carboxylic acids is 1. The number of halogens is 2. The molecule has 1 aromatic carbocycles. The standard InChI is InChI=1S/C16H22Cl2N2O/c1-12(14-7-6-13(17)10-15(14)18)19-16(21)11-20-8-4-2-3-5-9-20/h6-7,10,12H,2-5,8-9,11H2,1H3,(H,19,21). The molecule has 0 spiro atoms. The maximum Gasteiger partial charge on any atom is 0.234 e. The van der Waals surface area contributed by atoms with E-state index in [-0.39, 0.29) is 11.9 Å². The first-order chi connectivity index (χ1) is 10.1. The summed E-state index contributed by atoms with van der Waals surface area (Å²) in [5.41, 5.74) is 0.894. The van der Waals surface area contributed by atoms with Gasteiger partial charge in [0.15, 0.2) is 0 Å². The van der Waals surface area contributed by atoms with Crippen LogP contribution in [0.1, 0.15) is 44.2 Å². The monoisotopic (exact) mass is 328 g/mol. The van der Waals surface area contributed by atoms with E-state index in [4.69, 9.17) is 23.2 Å². The van der Waals surface area contributed by atoms with Gasteiger partial charge in [0, 0.05) is 10.0 Å². The van der Waals surface area contributed by atoms with Crippen molar-refractivity contribution in [2.45, 2.75) is 38.6 Å². The first-order valence-corrected chi connectivity index (χ1v) is 8.28.